The summed E-state index contributed by atoms with van der Waals surface area (Å²) in [5.74, 6) is -2.89. The number of anilines is 1. The van der Waals surface area contributed by atoms with Crippen molar-refractivity contribution >= 4 is 28.9 Å². The molecule has 0 bridgehead atoms. The summed E-state index contributed by atoms with van der Waals surface area (Å²) in [5.41, 5.74) is -1.69. The van der Waals surface area contributed by atoms with Gasteiger partial charge in [-0.05, 0) is 46.8 Å². The van der Waals surface area contributed by atoms with Crippen LogP contribution in [0, 0.1) is 11.6 Å². The van der Waals surface area contributed by atoms with E-state index in [4.69, 9.17) is 9.47 Å². The van der Waals surface area contributed by atoms with Crippen LogP contribution < -0.4 is 16.1 Å². The molecule has 192 valence electrons. The first-order valence-corrected chi connectivity index (χ1v) is 11.2. The number of ether oxygens (including phenoxy) is 2. The number of nitrogens with zero attached hydrogens (tertiary/aromatic N) is 3. The number of alkyl carbamates (subject to hydrolysis) is 1. The van der Waals surface area contributed by atoms with Crippen molar-refractivity contribution in [2.45, 2.75) is 46.3 Å². The minimum Gasteiger partial charge on any atom is -0.462 e. The molecule has 3 aromatic rings. The Labute approximate surface area is 205 Å². The number of hydrogen-bond donors (Lipinski definition) is 2. The summed E-state index contributed by atoms with van der Waals surface area (Å²) < 4.78 is 39.4. The first-order valence-electron chi connectivity index (χ1n) is 11.2. The van der Waals surface area contributed by atoms with E-state index >= 15 is 0 Å². The molecule has 0 spiro atoms. The smallest absolute Gasteiger partial charge is 0.407 e. The zero-order valence-electron chi connectivity index (χ0n) is 20.5. The molecule has 1 atom stereocenters. The fourth-order valence-electron chi connectivity index (χ4n) is 3.22. The summed E-state index contributed by atoms with van der Waals surface area (Å²) in [6.45, 7) is 8.84. The normalized spacial score (nSPS) is 12.2. The van der Waals surface area contributed by atoms with Gasteiger partial charge in [-0.2, -0.15) is 0 Å². The van der Waals surface area contributed by atoms with E-state index in [9.17, 15) is 23.2 Å². The third-order valence-electron chi connectivity index (χ3n) is 4.72. The van der Waals surface area contributed by atoms with Gasteiger partial charge >= 0.3 is 12.1 Å². The van der Waals surface area contributed by atoms with Crippen molar-refractivity contribution in [1.29, 1.82) is 0 Å². The van der Waals surface area contributed by atoms with Crippen LogP contribution in [0.15, 0.2) is 35.4 Å². The third kappa shape index (κ3) is 6.32. The molecule has 0 saturated carbocycles. The maximum atomic E-state index is 14.6. The minimum atomic E-state index is -1.02. The highest BCUT2D eigenvalue weighted by molar-refractivity contribution is 5.93. The molecule has 0 aliphatic heterocycles. The van der Waals surface area contributed by atoms with Crippen molar-refractivity contribution < 1.29 is 27.8 Å². The van der Waals surface area contributed by atoms with Crippen LogP contribution in [0.25, 0.3) is 16.9 Å². The number of aromatic nitrogens is 3. The molecule has 0 aliphatic rings. The molecule has 0 saturated heterocycles. The summed E-state index contributed by atoms with van der Waals surface area (Å²) in [5, 5.41) is 5.70. The van der Waals surface area contributed by atoms with Gasteiger partial charge in [0, 0.05) is 24.8 Å². The largest absolute Gasteiger partial charge is 0.462 e. The Hall–Kier alpha value is -4.09. The van der Waals surface area contributed by atoms with Gasteiger partial charge in [0.15, 0.2) is 17.3 Å². The lowest BCUT2D eigenvalue weighted by molar-refractivity contribution is 0.0505. The lowest BCUT2D eigenvalue weighted by Crippen LogP contribution is -2.40. The first-order chi connectivity index (χ1) is 16.9. The zero-order valence-corrected chi connectivity index (χ0v) is 20.5. The topological polar surface area (TPSA) is 124 Å². The Morgan fingerprint density at radius 3 is 2.58 bits per heavy atom. The van der Waals surface area contributed by atoms with E-state index in [2.05, 4.69) is 20.6 Å². The Morgan fingerprint density at radius 2 is 1.94 bits per heavy atom. The monoisotopic (exact) mass is 503 g/mol. The third-order valence-corrected chi connectivity index (χ3v) is 4.72. The second kappa shape index (κ2) is 10.7. The Bertz CT molecular complexity index is 1350. The number of halogens is 2. The average Bonchev–Trinajstić information content (AvgIpc) is 2.77. The summed E-state index contributed by atoms with van der Waals surface area (Å²) >= 11 is 0. The number of fused-ring (bicyclic) bond motifs is 1. The van der Waals surface area contributed by atoms with Gasteiger partial charge in [0.2, 0.25) is 5.43 Å². The summed E-state index contributed by atoms with van der Waals surface area (Å²) in [6, 6.07) is 3.18. The van der Waals surface area contributed by atoms with Crippen molar-refractivity contribution in [3.63, 3.8) is 0 Å². The molecule has 0 aromatic carbocycles. The molecule has 0 aliphatic carbocycles. The number of pyridine rings is 3. The van der Waals surface area contributed by atoms with E-state index < -0.39 is 34.7 Å². The number of carbonyl (C=O) groups excluding carboxylic acids is 2. The Kier molecular flexibility index (Phi) is 7.86. The number of amides is 1. The molecule has 1 amide bonds. The van der Waals surface area contributed by atoms with Gasteiger partial charge in [0.25, 0.3) is 0 Å². The minimum absolute atomic E-state index is 0.00319. The second-order valence-corrected chi connectivity index (χ2v) is 8.92. The molecule has 0 unspecified atom stereocenters. The van der Waals surface area contributed by atoms with Gasteiger partial charge < -0.3 is 20.1 Å². The van der Waals surface area contributed by atoms with E-state index in [1.807, 2.05) is 0 Å². The highest BCUT2D eigenvalue weighted by atomic mass is 19.1. The predicted octanol–water partition coefficient (Wildman–Crippen LogP) is 3.56. The summed E-state index contributed by atoms with van der Waals surface area (Å²) in [6.07, 6.45) is 1.29. The number of esters is 1. The standard InChI is InChI=1S/C24H27F2N5O5/c1-6-35-22(33)16-12-31(21-17(26)9-14(25)11-28-21)20-15(19(16)32)7-8-18(30-20)27-10-13(2)29-23(34)36-24(3,4)5/h7-9,11-13H,6,10H2,1-5H3,(H,27,30)(H,29,34)/t13-/m1/s1. The van der Waals surface area contributed by atoms with Crippen molar-refractivity contribution in [2.24, 2.45) is 0 Å². The molecule has 3 rings (SSSR count). The van der Waals surface area contributed by atoms with Gasteiger partial charge in [-0.3, -0.25) is 9.36 Å². The van der Waals surface area contributed by atoms with Crippen LogP contribution in [0.5, 0.6) is 0 Å². The molecule has 3 heterocycles. The second-order valence-electron chi connectivity index (χ2n) is 8.92. The lowest BCUT2D eigenvalue weighted by Gasteiger charge is -2.22. The van der Waals surface area contributed by atoms with E-state index in [1.165, 1.54) is 12.1 Å². The van der Waals surface area contributed by atoms with E-state index in [1.54, 1.807) is 34.6 Å². The number of nitrogens with one attached hydrogen (secondary N) is 2. The van der Waals surface area contributed by atoms with Crippen molar-refractivity contribution in [3.8, 4) is 5.82 Å². The molecular weight excluding hydrogens is 476 g/mol. The highest BCUT2D eigenvalue weighted by Crippen LogP contribution is 2.20. The molecular formula is C24H27F2N5O5. The van der Waals surface area contributed by atoms with Crippen molar-refractivity contribution in [2.75, 3.05) is 18.5 Å². The SMILES string of the molecule is CCOC(=O)c1cn(-c2ncc(F)cc2F)c2nc(NC[C@@H](C)NC(=O)OC(C)(C)C)ccc2c1=O. The van der Waals surface area contributed by atoms with Crippen molar-refractivity contribution in [1.82, 2.24) is 19.9 Å². The molecule has 12 heteroatoms. The highest BCUT2D eigenvalue weighted by Gasteiger charge is 2.21. The van der Waals surface area contributed by atoms with Crippen LogP contribution >= 0.6 is 0 Å². The number of carbonyl (C=O) groups is 2. The quantitative estimate of drug-likeness (QED) is 0.469. The van der Waals surface area contributed by atoms with E-state index in [0.29, 0.717) is 11.9 Å². The van der Waals surface area contributed by atoms with Crippen LogP contribution in [0.2, 0.25) is 0 Å². The first kappa shape index (κ1) is 26.5. The fraction of sp³-hybridized carbons (Fsp3) is 0.375. The molecule has 10 nitrogen and oxygen atoms in total. The van der Waals surface area contributed by atoms with Crippen LogP contribution in [-0.4, -0.2) is 51.4 Å². The maximum absolute atomic E-state index is 14.6. The van der Waals surface area contributed by atoms with E-state index in [0.717, 1.165) is 17.0 Å². The van der Waals surface area contributed by atoms with Gasteiger partial charge in [0.1, 0.15) is 22.8 Å². The molecule has 2 N–H and O–H groups in total. The number of hydrogen-bond acceptors (Lipinski definition) is 8. The molecule has 0 radical (unpaired) electrons. The summed E-state index contributed by atoms with van der Waals surface area (Å²) in [4.78, 5) is 45.5. The van der Waals surface area contributed by atoms with Crippen LogP contribution in [-0.2, 0) is 9.47 Å². The fourth-order valence-corrected chi connectivity index (χ4v) is 3.22. The van der Waals surface area contributed by atoms with Gasteiger partial charge in [0.05, 0.1) is 18.2 Å². The van der Waals surface area contributed by atoms with Crippen LogP contribution in [0.1, 0.15) is 45.0 Å². The molecule has 36 heavy (non-hydrogen) atoms. The van der Waals surface area contributed by atoms with Gasteiger partial charge in [-0.15, -0.1) is 0 Å². The summed E-state index contributed by atoms with van der Waals surface area (Å²) in [7, 11) is 0. The Balaban J connectivity index is 1.99. The van der Waals surface area contributed by atoms with Gasteiger partial charge in [-0.25, -0.2) is 28.3 Å². The lowest BCUT2D eigenvalue weighted by atomic mass is 10.2. The Morgan fingerprint density at radius 1 is 1.22 bits per heavy atom. The zero-order chi connectivity index (χ0) is 26.6. The average molecular weight is 504 g/mol. The molecule has 3 aromatic heterocycles. The van der Waals surface area contributed by atoms with Crippen molar-refractivity contribution in [3.05, 3.63) is 58.0 Å². The van der Waals surface area contributed by atoms with Gasteiger partial charge in [-0.1, -0.05) is 0 Å². The molecule has 0 fully saturated rings. The number of rotatable bonds is 7. The predicted molar refractivity (Wildman–Crippen MR) is 128 cm³/mol. The van der Waals surface area contributed by atoms with Crippen LogP contribution in [0.4, 0.5) is 19.4 Å². The van der Waals surface area contributed by atoms with Crippen LogP contribution in [0.3, 0.4) is 0 Å². The van der Waals surface area contributed by atoms with E-state index in [-0.39, 0.29) is 41.6 Å². The maximum Gasteiger partial charge on any atom is 0.407 e.